The largest absolute Gasteiger partial charge is 0.381 e. The molecule has 1 atom stereocenters. The van der Waals surface area contributed by atoms with Gasteiger partial charge in [0.25, 0.3) is 0 Å². The summed E-state index contributed by atoms with van der Waals surface area (Å²) in [5.74, 6) is 1.99. The van der Waals surface area contributed by atoms with Gasteiger partial charge in [-0.15, -0.1) is 10.2 Å². The highest BCUT2D eigenvalue weighted by molar-refractivity contribution is 5.79. The van der Waals surface area contributed by atoms with E-state index in [-0.39, 0.29) is 17.9 Å². The van der Waals surface area contributed by atoms with Gasteiger partial charge in [0.1, 0.15) is 5.82 Å². The Labute approximate surface area is 201 Å². The number of ether oxygens (including phenoxy) is 1. The van der Waals surface area contributed by atoms with Gasteiger partial charge in [-0.3, -0.25) is 9.69 Å². The van der Waals surface area contributed by atoms with Gasteiger partial charge in [-0.05, 0) is 36.5 Å². The molecule has 0 aliphatic carbocycles. The number of aromatic nitrogens is 3. The van der Waals surface area contributed by atoms with Crippen molar-refractivity contribution in [3.05, 3.63) is 71.8 Å². The van der Waals surface area contributed by atoms with Crippen molar-refractivity contribution in [3.8, 4) is 11.1 Å². The van der Waals surface area contributed by atoms with E-state index in [1.165, 1.54) is 16.7 Å². The van der Waals surface area contributed by atoms with E-state index in [4.69, 9.17) is 4.74 Å². The summed E-state index contributed by atoms with van der Waals surface area (Å²) in [6, 6.07) is 19.2. The lowest BCUT2D eigenvalue weighted by Gasteiger charge is -2.23. The normalized spacial score (nSPS) is 18.1. The van der Waals surface area contributed by atoms with Gasteiger partial charge in [0.05, 0.1) is 6.04 Å². The molecule has 178 valence electrons. The maximum Gasteiger partial charge on any atom is 0.223 e. The van der Waals surface area contributed by atoms with Crippen LogP contribution >= 0.6 is 0 Å². The number of carbonyl (C=O) groups excluding carboxylic acids is 1. The van der Waals surface area contributed by atoms with Crippen LogP contribution in [0.15, 0.2) is 54.6 Å². The molecule has 3 aromatic rings. The number of carbonyl (C=O) groups is 1. The minimum absolute atomic E-state index is 0.0338. The van der Waals surface area contributed by atoms with E-state index < -0.39 is 0 Å². The van der Waals surface area contributed by atoms with Crippen LogP contribution in [0.3, 0.4) is 0 Å². The third kappa shape index (κ3) is 5.21. The maximum atomic E-state index is 12.7. The molecule has 0 bridgehead atoms. The molecule has 2 aliphatic heterocycles. The lowest BCUT2D eigenvalue weighted by atomic mass is 9.99. The van der Waals surface area contributed by atoms with Crippen LogP contribution in [-0.2, 0) is 29.0 Å². The quantitative estimate of drug-likeness (QED) is 0.610. The van der Waals surface area contributed by atoms with Crippen LogP contribution in [0.1, 0.15) is 43.0 Å². The van der Waals surface area contributed by atoms with Gasteiger partial charge in [-0.25, -0.2) is 0 Å². The van der Waals surface area contributed by atoms with E-state index in [2.05, 4.69) is 73.5 Å². The third-order valence-corrected chi connectivity index (χ3v) is 6.95. The summed E-state index contributed by atoms with van der Waals surface area (Å²) in [7, 11) is 0. The van der Waals surface area contributed by atoms with Crippen molar-refractivity contribution in [1.82, 2.24) is 25.0 Å². The molecule has 7 heteroatoms. The molecular weight excluding hydrogens is 426 g/mol. The predicted molar refractivity (Wildman–Crippen MR) is 131 cm³/mol. The number of nitrogens with one attached hydrogen (secondary N) is 1. The third-order valence-electron chi connectivity index (χ3n) is 6.95. The number of fused-ring (bicyclic) bond motifs is 1. The van der Waals surface area contributed by atoms with E-state index in [0.717, 1.165) is 57.1 Å². The summed E-state index contributed by atoms with van der Waals surface area (Å²) >= 11 is 0. The zero-order valence-electron chi connectivity index (χ0n) is 19.8. The molecule has 5 rings (SSSR count). The first kappa shape index (κ1) is 22.7. The molecule has 0 spiro atoms. The first-order valence-corrected chi connectivity index (χ1v) is 12.3. The van der Waals surface area contributed by atoms with Crippen molar-refractivity contribution in [3.63, 3.8) is 0 Å². The number of rotatable bonds is 6. The monoisotopic (exact) mass is 459 g/mol. The van der Waals surface area contributed by atoms with Crippen LogP contribution in [0, 0.1) is 5.92 Å². The SMILES string of the molecule is CC(NC(=O)C1CCOCC1)c1nnc2n1CCN(Cc1ccc(-c3ccccc3)cc1)CC2. The molecule has 1 aromatic heterocycles. The highest BCUT2D eigenvalue weighted by atomic mass is 16.5. The average molecular weight is 460 g/mol. The number of amides is 1. The molecule has 1 amide bonds. The molecule has 2 aliphatic rings. The van der Waals surface area contributed by atoms with E-state index >= 15 is 0 Å². The van der Waals surface area contributed by atoms with Crippen molar-refractivity contribution in [1.29, 1.82) is 0 Å². The minimum Gasteiger partial charge on any atom is -0.381 e. The van der Waals surface area contributed by atoms with Gasteiger partial charge in [0, 0.05) is 51.7 Å². The molecule has 2 aromatic carbocycles. The Kier molecular flexibility index (Phi) is 7.02. The first-order valence-electron chi connectivity index (χ1n) is 12.3. The number of benzene rings is 2. The summed E-state index contributed by atoms with van der Waals surface area (Å²) in [5.41, 5.74) is 3.80. The van der Waals surface area contributed by atoms with Crippen molar-refractivity contribution in [2.75, 3.05) is 26.3 Å². The van der Waals surface area contributed by atoms with E-state index in [0.29, 0.717) is 13.2 Å². The summed E-state index contributed by atoms with van der Waals surface area (Å²) in [4.78, 5) is 15.2. The molecule has 34 heavy (non-hydrogen) atoms. The topological polar surface area (TPSA) is 72.3 Å². The fraction of sp³-hybridized carbons (Fsp3) is 0.444. The van der Waals surface area contributed by atoms with Gasteiger partial charge < -0.3 is 14.6 Å². The van der Waals surface area contributed by atoms with Crippen molar-refractivity contribution in [2.24, 2.45) is 5.92 Å². The van der Waals surface area contributed by atoms with Gasteiger partial charge in [0.2, 0.25) is 5.91 Å². The standard InChI is InChI=1S/C27H33N5O2/c1-20(28-27(33)24-12-17-34-18-13-24)26-30-29-25-11-14-31(15-16-32(25)26)19-21-7-9-23(10-8-21)22-5-3-2-4-6-22/h2-10,20,24H,11-19H2,1H3,(H,28,33). The van der Waals surface area contributed by atoms with Gasteiger partial charge in [0.15, 0.2) is 5.82 Å². The Morgan fingerprint density at radius 1 is 1.00 bits per heavy atom. The Hall–Kier alpha value is -3.03. The van der Waals surface area contributed by atoms with Gasteiger partial charge in [-0.2, -0.15) is 0 Å². The summed E-state index contributed by atoms with van der Waals surface area (Å²) in [5, 5.41) is 12.1. The Morgan fingerprint density at radius 2 is 1.74 bits per heavy atom. The summed E-state index contributed by atoms with van der Waals surface area (Å²) in [6.07, 6.45) is 2.44. The van der Waals surface area contributed by atoms with Gasteiger partial charge >= 0.3 is 0 Å². The highest BCUT2D eigenvalue weighted by Crippen LogP contribution is 2.22. The minimum atomic E-state index is -0.159. The number of hydrogen-bond donors (Lipinski definition) is 1. The Balaban J connectivity index is 1.19. The van der Waals surface area contributed by atoms with Crippen LogP contribution in [0.2, 0.25) is 0 Å². The molecule has 1 unspecified atom stereocenters. The smallest absolute Gasteiger partial charge is 0.223 e. The zero-order chi connectivity index (χ0) is 23.3. The van der Waals surface area contributed by atoms with E-state index in [1.54, 1.807) is 0 Å². The maximum absolute atomic E-state index is 12.7. The fourth-order valence-corrected chi connectivity index (χ4v) is 4.91. The Morgan fingerprint density at radius 3 is 2.50 bits per heavy atom. The molecule has 1 N–H and O–H groups in total. The molecule has 0 radical (unpaired) electrons. The van der Waals surface area contributed by atoms with Crippen LogP contribution in [-0.4, -0.2) is 51.9 Å². The second-order valence-corrected chi connectivity index (χ2v) is 9.33. The van der Waals surface area contributed by atoms with Crippen LogP contribution in [0.4, 0.5) is 0 Å². The highest BCUT2D eigenvalue weighted by Gasteiger charge is 2.26. The molecule has 3 heterocycles. The lowest BCUT2D eigenvalue weighted by Crippen LogP contribution is -2.36. The van der Waals surface area contributed by atoms with Crippen molar-refractivity contribution >= 4 is 5.91 Å². The summed E-state index contributed by atoms with van der Waals surface area (Å²) in [6.45, 7) is 6.96. The van der Waals surface area contributed by atoms with Crippen LogP contribution in [0.5, 0.6) is 0 Å². The van der Waals surface area contributed by atoms with E-state index in [9.17, 15) is 4.79 Å². The van der Waals surface area contributed by atoms with E-state index in [1.807, 2.05) is 13.0 Å². The fourth-order valence-electron chi connectivity index (χ4n) is 4.91. The second-order valence-electron chi connectivity index (χ2n) is 9.33. The first-order chi connectivity index (χ1) is 16.7. The average Bonchev–Trinajstić information content (AvgIpc) is 3.20. The van der Waals surface area contributed by atoms with Crippen molar-refractivity contribution < 1.29 is 9.53 Å². The van der Waals surface area contributed by atoms with Crippen LogP contribution in [0.25, 0.3) is 11.1 Å². The molecular formula is C27H33N5O2. The molecule has 1 fully saturated rings. The molecule has 7 nitrogen and oxygen atoms in total. The second kappa shape index (κ2) is 10.5. The predicted octanol–water partition coefficient (Wildman–Crippen LogP) is 3.61. The molecule has 1 saturated heterocycles. The number of nitrogens with zero attached hydrogens (tertiary/aromatic N) is 4. The molecule has 0 saturated carbocycles. The Bertz CT molecular complexity index is 1090. The lowest BCUT2D eigenvalue weighted by molar-refractivity contribution is -0.128. The van der Waals surface area contributed by atoms with Gasteiger partial charge in [-0.1, -0.05) is 54.6 Å². The zero-order valence-corrected chi connectivity index (χ0v) is 19.8. The van der Waals surface area contributed by atoms with Crippen molar-refractivity contribution in [2.45, 2.75) is 45.3 Å². The number of hydrogen-bond acceptors (Lipinski definition) is 5. The summed E-state index contributed by atoms with van der Waals surface area (Å²) < 4.78 is 7.58. The van der Waals surface area contributed by atoms with Crippen LogP contribution < -0.4 is 5.32 Å².